The van der Waals surface area contributed by atoms with Gasteiger partial charge in [-0.3, -0.25) is 9.69 Å². The molecule has 31 heavy (non-hydrogen) atoms. The Morgan fingerprint density at radius 1 is 1.00 bits per heavy atom. The number of thiophene rings is 1. The van der Waals surface area contributed by atoms with E-state index in [4.69, 9.17) is 9.97 Å². The Hall–Kier alpha value is -2.77. The standard InChI is InChI=1S/C24H27N5OS/c1-18-25-21-17-27(16-19-6-3-2-4-7-19)10-9-20(21)23(26-18)28-11-13-29(14-12-28)24(30)22-8-5-15-31-22/h2-8,15H,9-14,16-17H2,1H3. The third kappa shape index (κ3) is 4.34. The molecule has 6 nitrogen and oxygen atoms in total. The number of hydrogen-bond donors (Lipinski definition) is 0. The molecule has 5 rings (SSSR count). The van der Waals surface area contributed by atoms with Crippen molar-refractivity contribution >= 4 is 23.1 Å². The average Bonchev–Trinajstić information content (AvgIpc) is 3.34. The molecule has 2 aromatic heterocycles. The van der Waals surface area contributed by atoms with Crippen LogP contribution in [0.15, 0.2) is 47.8 Å². The number of piperazine rings is 1. The second kappa shape index (κ2) is 8.77. The second-order valence-electron chi connectivity index (χ2n) is 8.22. The van der Waals surface area contributed by atoms with E-state index in [1.54, 1.807) is 0 Å². The summed E-state index contributed by atoms with van der Waals surface area (Å²) in [6.07, 6.45) is 0.964. The first-order valence-corrected chi connectivity index (χ1v) is 11.8. The largest absolute Gasteiger partial charge is 0.353 e. The van der Waals surface area contributed by atoms with Gasteiger partial charge in [-0.05, 0) is 30.4 Å². The number of carbonyl (C=O) groups excluding carboxylic acids is 1. The van der Waals surface area contributed by atoms with Crippen LogP contribution in [-0.2, 0) is 19.5 Å². The van der Waals surface area contributed by atoms with E-state index in [2.05, 4.69) is 40.1 Å². The molecule has 0 saturated carbocycles. The number of amides is 1. The Balaban J connectivity index is 1.29. The number of fused-ring (bicyclic) bond motifs is 1. The number of rotatable bonds is 4. The smallest absolute Gasteiger partial charge is 0.264 e. The van der Waals surface area contributed by atoms with Gasteiger partial charge in [0.1, 0.15) is 11.6 Å². The maximum absolute atomic E-state index is 12.7. The summed E-state index contributed by atoms with van der Waals surface area (Å²) in [6.45, 7) is 7.89. The van der Waals surface area contributed by atoms with Crippen molar-refractivity contribution in [2.75, 3.05) is 37.6 Å². The van der Waals surface area contributed by atoms with Gasteiger partial charge < -0.3 is 9.80 Å². The van der Waals surface area contributed by atoms with E-state index in [0.717, 1.165) is 74.4 Å². The summed E-state index contributed by atoms with van der Waals surface area (Å²) in [6, 6.07) is 14.5. The van der Waals surface area contributed by atoms with Crippen LogP contribution in [-0.4, -0.2) is 58.4 Å². The van der Waals surface area contributed by atoms with Gasteiger partial charge in [-0.25, -0.2) is 9.97 Å². The molecule has 2 aliphatic rings. The van der Waals surface area contributed by atoms with E-state index in [1.165, 1.54) is 22.5 Å². The normalized spacial score (nSPS) is 16.9. The van der Waals surface area contributed by atoms with Crippen molar-refractivity contribution in [1.29, 1.82) is 0 Å². The van der Waals surface area contributed by atoms with Gasteiger partial charge in [0.25, 0.3) is 5.91 Å². The Labute approximate surface area is 187 Å². The molecule has 1 amide bonds. The van der Waals surface area contributed by atoms with Crippen LogP contribution in [0.25, 0.3) is 0 Å². The Kier molecular flexibility index (Phi) is 5.70. The van der Waals surface area contributed by atoms with E-state index in [-0.39, 0.29) is 5.91 Å². The quantitative estimate of drug-likeness (QED) is 0.632. The fourth-order valence-electron chi connectivity index (χ4n) is 4.50. The van der Waals surface area contributed by atoms with Crippen LogP contribution in [0.3, 0.4) is 0 Å². The monoisotopic (exact) mass is 433 g/mol. The zero-order chi connectivity index (χ0) is 21.2. The minimum Gasteiger partial charge on any atom is -0.353 e. The fraction of sp³-hybridized carbons (Fsp3) is 0.375. The average molecular weight is 434 g/mol. The van der Waals surface area contributed by atoms with Gasteiger partial charge in [-0.1, -0.05) is 36.4 Å². The van der Waals surface area contributed by atoms with Crippen molar-refractivity contribution in [3.8, 4) is 0 Å². The molecule has 0 unspecified atom stereocenters. The number of aryl methyl sites for hydroxylation is 1. The highest BCUT2D eigenvalue weighted by Crippen LogP contribution is 2.28. The molecule has 0 spiro atoms. The lowest BCUT2D eigenvalue weighted by Crippen LogP contribution is -2.49. The topological polar surface area (TPSA) is 52.6 Å². The van der Waals surface area contributed by atoms with Crippen molar-refractivity contribution < 1.29 is 4.79 Å². The number of hydrogen-bond acceptors (Lipinski definition) is 6. The van der Waals surface area contributed by atoms with Gasteiger partial charge in [0, 0.05) is 51.4 Å². The SMILES string of the molecule is Cc1nc2c(c(N3CCN(C(=O)c4cccs4)CC3)n1)CCN(Cc1ccccc1)C2. The van der Waals surface area contributed by atoms with Crippen molar-refractivity contribution in [3.05, 3.63) is 75.4 Å². The van der Waals surface area contributed by atoms with Gasteiger partial charge in [-0.2, -0.15) is 0 Å². The first-order valence-electron chi connectivity index (χ1n) is 10.9. The van der Waals surface area contributed by atoms with E-state index in [9.17, 15) is 4.79 Å². The number of carbonyl (C=O) groups is 1. The van der Waals surface area contributed by atoms with Crippen molar-refractivity contribution in [3.63, 3.8) is 0 Å². The van der Waals surface area contributed by atoms with E-state index in [0.29, 0.717) is 0 Å². The molecule has 0 radical (unpaired) electrons. The first-order chi connectivity index (χ1) is 15.2. The van der Waals surface area contributed by atoms with Crippen LogP contribution >= 0.6 is 11.3 Å². The van der Waals surface area contributed by atoms with Gasteiger partial charge in [0.15, 0.2) is 0 Å². The molecule has 3 aromatic rings. The predicted molar refractivity (Wildman–Crippen MR) is 123 cm³/mol. The maximum Gasteiger partial charge on any atom is 0.264 e. The summed E-state index contributed by atoms with van der Waals surface area (Å²) in [5.74, 6) is 2.05. The molecule has 7 heteroatoms. The Bertz CT molecular complexity index is 1050. The van der Waals surface area contributed by atoms with Gasteiger partial charge in [0.2, 0.25) is 0 Å². The maximum atomic E-state index is 12.7. The summed E-state index contributed by atoms with van der Waals surface area (Å²) >= 11 is 1.51. The summed E-state index contributed by atoms with van der Waals surface area (Å²) in [4.78, 5) is 29.9. The molecule has 1 aromatic carbocycles. The molecular weight excluding hydrogens is 406 g/mol. The molecule has 4 heterocycles. The van der Waals surface area contributed by atoms with Crippen molar-refractivity contribution in [2.45, 2.75) is 26.4 Å². The fourth-order valence-corrected chi connectivity index (χ4v) is 5.19. The molecule has 2 aliphatic heterocycles. The molecule has 1 fully saturated rings. The van der Waals surface area contributed by atoms with Crippen molar-refractivity contribution in [1.82, 2.24) is 19.8 Å². The minimum absolute atomic E-state index is 0.145. The molecule has 0 aliphatic carbocycles. The molecular formula is C24H27N5OS. The molecule has 0 atom stereocenters. The van der Waals surface area contributed by atoms with Crippen molar-refractivity contribution in [2.24, 2.45) is 0 Å². The van der Waals surface area contributed by atoms with E-state index < -0.39 is 0 Å². The minimum atomic E-state index is 0.145. The zero-order valence-electron chi connectivity index (χ0n) is 17.8. The number of aromatic nitrogens is 2. The van der Waals surface area contributed by atoms with E-state index in [1.807, 2.05) is 29.3 Å². The van der Waals surface area contributed by atoms with Crippen LogP contribution < -0.4 is 4.90 Å². The zero-order valence-corrected chi connectivity index (χ0v) is 18.6. The lowest BCUT2D eigenvalue weighted by molar-refractivity contribution is 0.0751. The van der Waals surface area contributed by atoms with Gasteiger partial charge in [-0.15, -0.1) is 11.3 Å². The number of anilines is 1. The highest BCUT2D eigenvalue weighted by molar-refractivity contribution is 7.12. The molecule has 1 saturated heterocycles. The van der Waals surface area contributed by atoms with Crippen LogP contribution in [0.5, 0.6) is 0 Å². The Morgan fingerprint density at radius 2 is 1.81 bits per heavy atom. The third-order valence-corrected chi connectivity index (χ3v) is 6.94. The lowest BCUT2D eigenvalue weighted by atomic mass is 10.0. The van der Waals surface area contributed by atoms with E-state index >= 15 is 0 Å². The summed E-state index contributed by atoms with van der Waals surface area (Å²) in [5.41, 5.74) is 3.78. The highest BCUT2D eigenvalue weighted by Gasteiger charge is 2.28. The Morgan fingerprint density at radius 3 is 2.55 bits per heavy atom. The molecule has 0 N–H and O–H groups in total. The molecule has 0 bridgehead atoms. The number of benzene rings is 1. The first kappa shape index (κ1) is 20.2. The lowest BCUT2D eigenvalue weighted by Gasteiger charge is -2.37. The highest BCUT2D eigenvalue weighted by atomic mass is 32.1. The third-order valence-electron chi connectivity index (χ3n) is 6.08. The van der Waals surface area contributed by atoms with Crippen LogP contribution in [0, 0.1) is 6.92 Å². The van der Waals surface area contributed by atoms with Gasteiger partial charge >= 0.3 is 0 Å². The summed E-state index contributed by atoms with van der Waals surface area (Å²) in [5, 5.41) is 1.96. The van der Waals surface area contributed by atoms with Gasteiger partial charge in [0.05, 0.1) is 10.6 Å². The van der Waals surface area contributed by atoms with Crippen LogP contribution in [0.4, 0.5) is 5.82 Å². The van der Waals surface area contributed by atoms with Crippen LogP contribution in [0.2, 0.25) is 0 Å². The second-order valence-corrected chi connectivity index (χ2v) is 9.17. The predicted octanol–water partition coefficient (Wildman–Crippen LogP) is 3.37. The number of nitrogens with zero attached hydrogens (tertiary/aromatic N) is 5. The summed E-state index contributed by atoms with van der Waals surface area (Å²) < 4.78 is 0. The summed E-state index contributed by atoms with van der Waals surface area (Å²) in [7, 11) is 0. The molecule has 160 valence electrons. The van der Waals surface area contributed by atoms with Crippen LogP contribution in [0.1, 0.15) is 32.3 Å².